The monoisotopic (exact) mass is 356 g/mol. The lowest BCUT2D eigenvalue weighted by atomic mass is 9.95. The topological polar surface area (TPSA) is 9.23 Å². The minimum absolute atomic E-state index is 0.664. The van der Waals surface area contributed by atoms with Crippen molar-refractivity contribution in [3.8, 4) is 22.3 Å². The highest BCUT2D eigenvalue weighted by molar-refractivity contribution is 5.77. The van der Waals surface area contributed by atoms with Crippen molar-refractivity contribution in [3.05, 3.63) is 90.5 Å². The normalized spacial score (nSPS) is 10.7. The quantitative estimate of drug-likeness (QED) is 0.364. The van der Waals surface area contributed by atoms with Crippen LogP contribution in [0.25, 0.3) is 28.3 Å². The smallest absolute Gasteiger partial charge is 0.0717 e. The lowest BCUT2D eigenvalue weighted by Crippen LogP contribution is -1.96. The number of hydrogen-bond acceptors (Lipinski definition) is 1. The van der Waals surface area contributed by atoms with Gasteiger partial charge in [0.1, 0.15) is 0 Å². The van der Waals surface area contributed by atoms with E-state index in [9.17, 15) is 0 Å². The summed E-state index contributed by atoms with van der Waals surface area (Å²) in [6.45, 7) is 7.71. The summed E-state index contributed by atoms with van der Waals surface area (Å²) in [6, 6.07) is 25.7. The average Bonchev–Trinajstić information content (AvgIpc) is 2.74. The first-order valence-electron chi connectivity index (χ1n) is 9.81. The fraction of sp³-hybridized carbons (Fsp3) is 0.231. The van der Waals surface area contributed by atoms with E-state index in [2.05, 4.69) is 80.2 Å². The Bertz CT molecular complexity index is 847. The third kappa shape index (κ3) is 5.18. The molecule has 0 amide bonds. The van der Waals surface area contributed by atoms with Crippen molar-refractivity contribution in [1.29, 1.82) is 0 Å². The van der Waals surface area contributed by atoms with Gasteiger partial charge in [0.15, 0.2) is 0 Å². The average molecular weight is 357 g/mol. The van der Waals surface area contributed by atoms with E-state index in [4.69, 9.17) is 4.74 Å². The maximum Gasteiger partial charge on any atom is 0.0717 e. The Morgan fingerprint density at radius 1 is 0.815 bits per heavy atom. The predicted molar refractivity (Wildman–Crippen MR) is 117 cm³/mol. The standard InChI is InChI=1S/C26H28O/c1-3-5-9-18-27-20-21-12-17-26(22(4-2)19-21)25-15-13-24(14-16-25)23-10-7-6-8-11-23/h4,6-8,10-17,19H,2-3,5,9,18,20H2,1H3. The van der Waals surface area contributed by atoms with Crippen molar-refractivity contribution in [2.75, 3.05) is 6.61 Å². The summed E-state index contributed by atoms with van der Waals surface area (Å²) in [7, 11) is 0. The van der Waals surface area contributed by atoms with Gasteiger partial charge in [-0.15, -0.1) is 0 Å². The molecule has 0 spiro atoms. The van der Waals surface area contributed by atoms with Crippen LogP contribution in [-0.4, -0.2) is 6.61 Å². The zero-order chi connectivity index (χ0) is 18.9. The second kappa shape index (κ2) is 9.89. The first-order chi connectivity index (χ1) is 13.3. The maximum absolute atomic E-state index is 5.80. The van der Waals surface area contributed by atoms with Crippen molar-refractivity contribution in [3.63, 3.8) is 0 Å². The van der Waals surface area contributed by atoms with Crippen LogP contribution in [-0.2, 0) is 11.3 Å². The highest BCUT2D eigenvalue weighted by atomic mass is 16.5. The third-order valence-corrected chi connectivity index (χ3v) is 4.80. The molecule has 27 heavy (non-hydrogen) atoms. The first kappa shape index (κ1) is 19.1. The van der Waals surface area contributed by atoms with Gasteiger partial charge in [-0.05, 0) is 45.9 Å². The zero-order valence-electron chi connectivity index (χ0n) is 16.2. The largest absolute Gasteiger partial charge is 0.377 e. The number of ether oxygens (including phenoxy) is 1. The Balaban J connectivity index is 1.73. The van der Waals surface area contributed by atoms with Crippen molar-refractivity contribution in [2.24, 2.45) is 0 Å². The zero-order valence-corrected chi connectivity index (χ0v) is 16.2. The molecular formula is C26H28O. The van der Waals surface area contributed by atoms with E-state index < -0.39 is 0 Å². The van der Waals surface area contributed by atoms with Crippen LogP contribution in [0.4, 0.5) is 0 Å². The van der Waals surface area contributed by atoms with Gasteiger partial charge in [-0.3, -0.25) is 0 Å². The lowest BCUT2D eigenvalue weighted by molar-refractivity contribution is 0.117. The van der Waals surface area contributed by atoms with E-state index in [-0.39, 0.29) is 0 Å². The minimum atomic E-state index is 0.664. The third-order valence-electron chi connectivity index (χ3n) is 4.80. The Morgan fingerprint density at radius 2 is 1.52 bits per heavy atom. The van der Waals surface area contributed by atoms with Crippen molar-refractivity contribution in [2.45, 2.75) is 32.8 Å². The Kier molecular flexibility index (Phi) is 7.01. The molecule has 1 heteroatoms. The van der Waals surface area contributed by atoms with Gasteiger partial charge in [0, 0.05) is 6.61 Å². The van der Waals surface area contributed by atoms with Gasteiger partial charge in [0.2, 0.25) is 0 Å². The van der Waals surface area contributed by atoms with Crippen molar-refractivity contribution < 1.29 is 4.74 Å². The van der Waals surface area contributed by atoms with Crippen LogP contribution < -0.4 is 0 Å². The SMILES string of the molecule is C=Cc1cc(COCCCCC)ccc1-c1ccc(-c2ccccc2)cc1. The molecule has 0 bridgehead atoms. The molecule has 0 heterocycles. The van der Waals surface area contributed by atoms with E-state index in [0.29, 0.717) is 6.61 Å². The van der Waals surface area contributed by atoms with E-state index in [1.165, 1.54) is 40.7 Å². The fourth-order valence-electron chi connectivity index (χ4n) is 3.25. The summed E-state index contributed by atoms with van der Waals surface area (Å²) in [5.41, 5.74) is 7.24. The van der Waals surface area contributed by atoms with E-state index in [0.717, 1.165) is 18.6 Å². The van der Waals surface area contributed by atoms with Gasteiger partial charge in [0.05, 0.1) is 6.61 Å². The van der Waals surface area contributed by atoms with Crippen LogP contribution in [0, 0.1) is 0 Å². The van der Waals surface area contributed by atoms with Crippen LogP contribution in [0.1, 0.15) is 37.3 Å². The summed E-state index contributed by atoms with van der Waals surface area (Å²) in [6.07, 6.45) is 5.52. The van der Waals surface area contributed by atoms with E-state index in [1.54, 1.807) is 0 Å². The van der Waals surface area contributed by atoms with E-state index >= 15 is 0 Å². The van der Waals surface area contributed by atoms with Gasteiger partial charge in [-0.2, -0.15) is 0 Å². The number of hydrogen-bond donors (Lipinski definition) is 0. The molecule has 1 nitrogen and oxygen atoms in total. The van der Waals surface area contributed by atoms with Crippen LogP contribution in [0.15, 0.2) is 79.4 Å². The molecule has 0 atom stereocenters. The molecule has 0 fully saturated rings. The lowest BCUT2D eigenvalue weighted by Gasteiger charge is -2.11. The second-order valence-corrected chi connectivity index (χ2v) is 6.83. The molecule has 0 aromatic heterocycles. The van der Waals surface area contributed by atoms with Gasteiger partial charge in [-0.25, -0.2) is 0 Å². The maximum atomic E-state index is 5.80. The Labute approximate surface area is 163 Å². The summed E-state index contributed by atoms with van der Waals surface area (Å²) in [5.74, 6) is 0. The Hall–Kier alpha value is -2.64. The molecule has 3 rings (SSSR count). The second-order valence-electron chi connectivity index (χ2n) is 6.83. The molecule has 0 aliphatic carbocycles. The minimum Gasteiger partial charge on any atom is -0.377 e. The molecule has 0 N–H and O–H groups in total. The summed E-state index contributed by atoms with van der Waals surface area (Å²) in [5, 5.41) is 0. The van der Waals surface area contributed by atoms with Crippen molar-refractivity contribution >= 4 is 6.08 Å². The van der Waals surface area contributed by atoms with Gasteiger partial charge >= 0.3 is 0 Å². The van der Waals surface area contributed by atoms with Gasteiger partial charge in [-0.1, -0.05) is 99.2 Å². The molecule has 3 aromatic carbocycles. The molecule has 0 aliphatic heterocycles. The van der Waals surface area contributed by atoms with Gasteiger partial charge in [0.25, 0.3) is 0 Å². The molecular weight excluding hydrogens is 328 g/mol. The van der Waals surface area contributed by atoms with Gasteiger partial charge < -0.3 is 4.74 Å². The van der Waals surface area contributed by atoms with Crippen LogP contribution in [0.5, 0.6) is 0 Å². The summed E-state index contributed by atoms with van der Waals surface area (Å²) >= 11 is 0. The molecule has 0 unspecified atom stereocenters. The molecule has 3 aromatic rings. The first-order valence-corrected chi connectivity index (χ1v) is 9.81. The fourth-order valence-corrected chi connectivity index (χ4v) is 3.25. The molecule has 0 aliphatic rings. The van der Waals surface area contributed by atoms with Crippen molar-refractivity contribution in [1.82, 2.24) is 0 Å². The predicted octanol–water partition coefficient (Wildman–Crippen LogP) is 7.37. The molecule has 0 saturated carbocycles. The summed E-state index contributed by atoms with van der Waals surface area (Å²) < 4.78 is 5.80. The Morgan fingerprint density at radius 3 is 2.22 bits per heavy atom. The highest BCUT2D eigenvalue weighted by Gasteiger charge is 2.06. The molecule has 0 saturated heterocycles. The number of rotatable bonds is 9. The molecule has 0 radical (unpaired) electrons. The number of benzene rings is 3. The van der Waals surface area contributed by atoms with Crippen LogP contribution >= 0.6 is 0 Å². The highest BCUT2D eigenvalue weighted by Crippen LogP contribution is 2.28. The van der Waals surface area contributed by atoms with Crippen LogP contribution in [0.3, 0.4) is 0 Å². The van der Waals surface area contributed by atoms with Crippen LogP contribution in [0.2, 0.25) is 0 Å². The molecule has 138 valence electrons. The van der Waals surface area contributed by atoms with E-state index in [1.807, 2.05) is 12.1 Å². The summed E-state index contributed by atoms with van der Waals surface area (Å²) in [4.78, 5) is 0. The number of unbranched alkanes of at least 4 members (excludes halogenated alkanes) is 2.